The van der Waals surface area contributed by atoms with E-state index in [0.717, 1.165) is 16.0 Å². The number of nitrogens with zero attached hydrogens (tertiary/aromatic N) is 3. The Kier molecular flexibility index (Phi) is 4.44. The van der Waals surface area contributed by atoms with Crippen LogP contribution in [0.2, 0.25) is 0 Å². The first-order valence-electron chi connectivity index (χ1n) is 8.64. The molecule has 0 saturated heterocycles. The van der Waals surface area contributed by atoms with Crippen LogP contribution in [-0.2, 0) is 11.3 Å². The Balaban J connectivity index is 1.37. The van der Waals surface area contributed by atoms with Crippen molar-refractivity contribution in [1.82, 2.24) is 20.4 Å². The fourth-order valence-corrected chi connectivity index (χ4v) is 2.98. The summed E-state index contributed by atoms with van der Waals surface area (Å²) in [4.78, 5) is 41.9. The molecule has 0 aliphatic carbocycles. The summed E-state index contributed by atoms with van der Waals surface area (Å²) >= 11 is 0. The zero-order valence-electron chi connectivity index (χ0n) is 15.0. The van der Waals surface area contributed by atoms with E-state index in [-0.39, 0.29) is 19.0 Å². The van der Waals surface area contributed by atoms with Crippen molar-refractivity contribution in [2.24, 2.45) is 0 Å². The molecular formula is C20H16N4O4. The molecule has 8 nitrogen and oxygen atoms in total. The molecule has 1 aromatic heterocycles. The molecule has 3 aromatic rings. The lowest BCUT2D eigenvalue weighted by molar-refractivity contribution is -0.121. The minimum atomic E-state index is -0.496. The second kappa shape index (κ2) is 7.07. The van der Waals surface area contributed by atoms with Crippen LogP contribution in [0.5, 0.6) is 0 Å². The molecule has 0 fully saturated rings. The predicted octanol–water partition coefficient (Wildman–Crippen LogP) is 1.96. The summed E-state index contributed by atoms with van der Waals surface area (Å²) in [5.74, 6) is -0.795. The van der Waals surface area contributed by atoms with E-state index in [1.165, 1.54) is 0 Å². The number of aromatic nitrogens is 2. The molecule has 2 aromatic carbocycles. The lowest BCUT2D eigenvalue weighted by Gasteiger charge is -2.12. The molecule has 0 unspecified atom stereocenters. The van der Waals surface area contributed by atoms with E-state index in [2.05, 4.69) is 15.5 Å². The van der Waals surface area contributed by atoms with Crippen LogP contribution in [0, 0.1) is 6.92 Å². The van der Waals surface area contributed by atoms with Crippen LogP contribution < -0.4 is 5.32 Å². The van der Waals surface area contributed by atoms with Crippen LogP contribution in [-0.4, -0.2) is 39.3 Å². The van der Waals surface area contributed by atoms with Gasteiger partial charge in [-0.25, -0.2) is 0 Å². The SMILES string of the molecule is Cc1cccc(-c2noc(CNC(=O)CN3C(=O)c4ccccc4C3=O)n2)c1. The standard InChI is InChI=1S/C20H16N4O4/c1-12-5-4-6-13(9-12)18-22-17(28-23-18)10-21-16(25)11-24-19(26)14-7-2-3-8-15(14)20(24)27/h2-9H,10-11H2,1H3,(H,21,25). The summed E-state index contributed by atoms with van der Waals surface area (Å²) in [6.45, 7) is 1.59. The van der Waals surface area contributed by atoms with E-state index in [9.17, 15) is 14.4 Å². The highest BCUT2D eigenvalue weighted by Crippen LogP contribution is 2.22. The van der Waals surface area contributed by atoms with E-state index in [1.54, 1.807) is 24.3 Å². The third-order valence-electron chi connectivity index (χ3n) is 4.36. The minimum Gasteiger partial charge on any atom is -0.345 e. The van der Waals surface area contributed by atoms with Gasteiger partial charge in [-0.15, -0.1) is 0 Å². The Morgan fingerprint density at radius 3 is 2.46 bits per heavy atom. The van der Waals surface area contributed by atoms with E-state index in [0.29, 0.717) is 17.0 Å². The maximum absolute atomic E-state index is 12.3. The van der Waals surface area contributed by atoms with Crippen molar-refractivity contribution in [2.75, 3.05) is 6.54 Å². The summed E-state index contributed by atoms with van der Waals surface area (Å²) in [7, 11) is 0. The Morgan fingerprint density at radius 2 is 1.79 bits per heavy atom. The number of fused-ring (bicyclic) bond motifs is 1. The first kappa shape index (κ1) is 17.6. The van der Waals surface area contributed by atoms with Gasteiger partial charge < -0.3 is 9.84 Å². The maximum Gasteiger partial charge on any atom is 0.262 e. The molecule has 140 valence electrons. The predicted molar refractivity (Wildman–Crippen MR) is 98.1 cm³/mol. The maximum atomic E-state index is 12.3. The highest BCUT2D eigenvalue weighted by molar-refractivity contribution is 6.22. The fourth-order valence-electron chi connectivity index (χ4n) is 2.98. The van der Waals surface area contributed by atoms with Crippen molar-refractivity contribution >= 4 is 17.7 Å². The molecule has 0 saturated carbocycles. The minimum absolute atomic E-state index is 0.000812. The average Bonchev–Trinajstić information content (AvgIpc) is 3.26. The van der Waals surface area contributed by atoms with Crippen molar-refractivity contribution in [1.29, 1.82) is 0 Å². The summed E-state index contributed by atoms with van der Waals surface area (Å²) in [6.07, 6.45) is 0. The molecule has 28 heavy (non-hydrogen) atoms. The number of hydrogen-bond donors (Lipinski definition) is 1. The molecule has 3 amide bonds. The average molecular weight is 376 g/mol. The zero-order chi connectivity index (χ0) is 19.7. The number of nitrogens with one attached hydrogen (secondary N) is 1. The second-order valence-electron chi connectivity index (χ2n) is 6.40. The van der Waals surface area contributed by atoms with Gasteiger partial charge in [-0.1, -0.05) is 41.1 Å². The van der Waals surface area contributed by atoms with Gasteiger partial charge >= 0.3 is 0 Å². The molecule has 1 aliphatic heterocycles. The highest BCUT2D eigenvalue weighted by Gasteiger charge is 2.36. The van der Waals surface area contributed by atoms with Gasteiger partial charge in [-0.2, -0.15) is 4.98 Å². The molecule has 1 aliphatic rings. The molecule has 8 heteroatoms. The third kappa shape index (κ3) is 3.27. The molecule has 4 rings (SSSR count). The molecule has 1 N–H and O–H groups in total. The highest BCUT2D eigenvalue weighted by atomic mass is 16.5. The Morgan fingerprint density at radius 1 is 1.07 bits per heavy atom. The van der Waals surface area contributed by atoms with Crippen LogP contribution in [0.15, 0.2) is 53.1 Å². The van der Waals surface area contributed by atoms with Crippen LogP contribution in [0.1, 0.15) is 32.2 Å². The zero-order valence-corrected chi connectivity index (χ0v) is 15.0. The van der Waals surface area contributed by atoms with Crippen molar-refractivity contribution in [3.8, 4) is 11.4 Å². The van der Waals surface area contributed by atoms with Crippen molar-refractivity contribution in [2.45, 2.75) is 13.5 Å². The molecule has 0 spiro atoms. The largest absolute Gasteiger partial charge is 0.345 e. The third-order valence-corrected chi connectivity index (χ3v) is 4.36. The smallest absolute Gasteiger partial charge is 0.262 e. The van der Waals surface area contributed by atoms with Gasteiger partial charge in [-0.3, -0.25) is 19.3 Å². The first-order valence-corrected chi connectivity index (χ1v) is 8.64. The normalized spacial score (nSPS) is 13.0. The molecule has 0 bridgehead atoms. The number of aryl methyl sites for hydroxylation is 1. The van der Waals surface area contributed by atoms with E-state index in [1.807, 2.05) is 31.2 Å². The van der Waals surface area contributed by atoms with Gasteiger partial charge in [0, 0.05) is 5.56 Å². The van der Waals surface area contributed by atoms with Crippen LogP contribution in [0.25, 0.3) is 11.4 Å². The van der Waals surface area contributed by atoms with E-state index < -0.39 is 17.7 Å². The van der Waals surface area contributed by atoms with Crippen LogP contribution in [0.4, 0.5) is 0 Å². The van der Waals surface area contributed by atoms with E-state index in [4.69, 9.17) is 4.52 Å². The number of hydrogen-bond acceptors (Lipinski definition) is 6. The van der Waals surface area contributed by atoms with Crippen molar-refractivity contribution in [3.05, 3.63) is 71.1 Å². The lowest BCUT2D eigenvalue weighted by atomic mass is 10.1. The fraction of sp³-hybridized carbons (Fsp3) is 0.150. The number of carbonyl (C=O) groups excluding carboxylic acids is 3. The summed E-state index contributed by atoms with van der Waals surface area (Å²) in [5, 5.41) is 6.49. The van der Waals surface area contributed by atoms with Crippen molar-refractivity contribution in [3.63, 3.8) is 0 Å². The van der Waals surface area contributed by atoms with Gasteiger partial charge in [-0.05, 0) is 25.1 Å². The second-order valence-corrected chi connectivity index (χ2v) is 6.40. The summed E-state index contributed by atoms with van der Waals surface area (Å²) in [6, 6.07) is 14.1. The van der Waals surface area contributed by atoms with Crippen molar-refractivity contribution < 1.29 is 18.9 Å². The first-order chi connectivity index (χ1) is 13.5. The quantitative estimate of drug-likeness (QED) is 0.683. The van der Waals surface area contributed by atoms with Gasteiger partial charge in [0.05, 0.1) is 17.7 Å². The summed E-state index contributed by atoms with van der Waals surface area (Å²) < 4.78 is 5.15. The van der Waals surface area contributed by atoms with Gasteiger partial charge in [0.15, 0.2) is 0 Å². The number of benzene rings is 2. The van der Waals surface area contributed by atoms with Gasteiger partial charge in [0.25, 0.3) is 11.8 Å². The molecule has 0 radical (unpaired) electrons. The van der Waals surface area contributed by atoms with Gasteiger partial charge in [0.1, 0.15) is 6.54 Å². The van der Waals surface area contributed by atoms with Crippen LogP contribution >= 0.6 is 0 Å². The lowest BCUT2D eigenvalue weighted by Crippen LogP contribution is -2.40. The topological polar surface area (TPSA) is 105 Å². The summed E-state index contributed by atoms with van der Waals surface area (Å²) in [5.41, 5.74) is 2.49. The molecule has 0 atom stereocenters. The monoisotopic (exact) mass is 376 g/mol. The Labute approximate surface area is 160 Å². The number of imide groups is 1. The number of carbonyl (C=O) groups is 3. The molecular weight excluding hydrogens is 360 g/mol. The molecule has 2 heterocycles. The number of amides is 3. The Bertz CT molecular complexity index is 1050. The Hall–Kier alpha value is -3.81. The van der Waals surface area contributed by atoms with Gasteiger partial charge in [0.2, 0.25) is 17.6 Å². The number of rotatable bonds is 5. The van der Waals surface area contributed by atoms with E-state index >= 15 is 0 Å². The van der Waals surface area contributed by atoms with Crippen LogP contribution in [0.3, 0.4) is 0 Å².